The summed E-state index contributed by atoms with van der Waals surface area (Å²) in [5.74, 6) is -1.85. The SMILES string of the molecule is Cl.N=c1scc(-c2ccc(Cl)cc2)n1-c1ccc(F)c(F)c1. The molecule has 0 radical (unpaired) electrons. The summed E-state index contributed by atoms with van der Waals surface area (Å²) in [6.45, 7) is 0. The van der Waals surface area contributed by atoms with Crippen molar-refractivity contribution in [2.75, 3.05) is 0 Å². The first-order chi connectivity index (χ1) is 10.1. The molecule has 3 rings (SSSR count). The molecule has 0 atom stereocenters. The van der Waals surface area contributed by atoms with Crippen molar-refractivity contribution in [3.8, 4) is 16.9 Å². The van der Waals surface area contributed by atoms with Gasteiger partial charge in [-0.15, -0.1) is 23.7 Å². The van der Waals surface area contributed by atoms with Crippen molar-refractivity contribution in [1.82, 2.24) is 4.57 Å². The minimum absolute atomic E-state index is 0. The van der Waals surface area contributed by atoms with Crippen LogP contribution in [-0.2, 0) is 0 Å². The van der Waals surface area contributed by atoms with Crippen molar-refractivity contribution in [1.29, 1.82) is 5.41 Å². The van der Waals surface area contributed by atoms with Crippen LogP contribution in [-0.4, -0.2) is 4.57 Å². The summed E-state index contributed by atoms with van der Waals surface area (Å²) >= 11 is 7.08. The number of nitrogens with zero attached hydrogens (tertiary/aromatic N) is 1. The van der Waals surface area contributed by atoms with Crippen LogP contribution in [0.5, 0.6) is 0 Å². The van der Waals surface area contributed by atoms with Gasteiger partial charge in [0.15, 0.2) is 16.4 Å². The fourth-order valence-electron chi connectivity index (χ4n) is 2.02. The molecule has 0 amide bonds. The first kappa shape index (κ1) is 16.7. The molecule has 2 aromatic carbocycles. The number of nitrogens with one attached hydrogen (secondary N) is 1. The van der Waals surface area contributed by atoms with Crippen LogP contribution in [0.1, 0.15) is 0 Å². The van der Waals surface area contributed by atoms with Gasteiger partial charge in [0.05, 0.1) is 11.4 Å². The third-order valence-corrected chi connectivity index (χ3v) is 4.03. The van der Waals surface area contributed by atoms with Gasteiger partial charge in [0.1, 0.15) is 0 Å². The predicted molar refractivity (Wildman–Crippen MR) is 87.1 cm³/mol. The van der Waals surface area contributed by atoms with Crippen molar-refractivity contribution in [2.45, 2.75) is 0 Å². The van der Waals surface area contributed by atoms with Gasteiger partial charge >= 0.3 is 0 Å². The lowest BCUT2D eigenvalue weighted by Gasteiger charge is -2.09. The average molecular weight is 359 g/mol. The van der Waals surface area contributed by atoms with Crippen molar-refractivity contribution in [3.63, 3.8) is 0 Å². The van der Waals surface area contributed by atoms with E-state index in [4.69, 9.17) is 17.0 Å². The summed E-state index contributed by atoms with van der Waals surface area (Å²) in [5.41, 5.74) is 1.98. The van der Waals surface area contributed by atoms with E-state index in [0.29, 0.717) is 10.7 Å². The van der Waals surface area contributed by atoms with Crippen LogP contribution in [0.25, 0.3) is 16.9 Å². The van der Waals surface area contributed by atoms with Gasteiger partial charge in [0, 0.05) is 16.5 Å². The molecule has 0 aliphatic rings. The minimum Gasteiger partial charge on any atom is -0.285 e. The predicted octanol–water partition coefficient (Wildman–Crippen LogP) is 5.04. The van der Waals surface area contributed by atoms with Gasteiger partial charge in [0.2, 0.25) is 0 Å². The maximum Gasteiger partial charge on any atom is 0.187 e. The summed E-state index contributed by atoms with van der Waals surface area (Å²) in [6, 6.07) is 10.7. The smallest absolute Gasteiger partial charge is 0.187 e. The van der Waals surface area contributed by atoms with Crippen LogP contribution in [0.4, 0.5) is 8.78 Å². The highest BCUT2D eigenvalue weighted by molar-refractivity contribution is 7.07. The Bertz CT molecular complexity index is 857. The van der Waals surface area contributed by atoms with E-state index < -0.39 is 11.6 Å². The first-order valence-electron chi connectivity index (χ1n) is 6.03. The lowest BCUT2D eigenvalue weighted by Crippen LogP contribution is -2.12. The molecule has 0 aliphatic heterocycles. The van der Waals surface area contributed by atoms with Gasteiger partial charge in [-0.2, -0.15) is 0 Å². The number of hydrogen-bond donors (Lipinski definition) is 1. The molecule has 0 bridgehead atoms. The number of rotatable bonds is 2. The molecule has 0 saturated heterocycles. The number of aromatic nitrogens is 1. The molecule has 0 saturated carbocycles. The fraction of sp³-hybridized carbons (Fsp3) is 0. The summed E-state index contributed by atoms with van der Waals surface area (Å²) in [5, 5.41) is 10.4. The fourth-order valence-corrected chi connectivity index (χ4v) is 2.92. The molecular weight excluding hydrogens is 349 g/mol. The Morgan fingerprint density at radius 2 is 1.68 bits per heavy atom. The maximum absolute atomic E-state index is 13.4. The van der Waals surface area contributed by atoms with Crippen molar-refractivity contribution in [3.05, 3.63) is 69.3 Å². The highest BCUT2D eigenvalue weighted by Crippen LogP contribution is 2.25. The van der Waals surface area contributed by atoms with Gasteiger partial charge in [-0.1, -0.05) is 23.7 Å². The third-order valence-electron chi connectivity index (χ3n) is 3.03. The quantitative estimate of drug-likeness (QED) is 0.664. The molecule has 1 N–H and O–H groups in total. The van der Waals surface area contributed by atoms with Crippen LogP contribution >= 0.6 is 35.3 Å². The molecule has 0 fully saturated rings. The highest BCUT2D eigenvalue weighted by atomic mass is 35.5. The molecule has 1 aromatic heterocycles. The number of hydrogen-bond acceptors (Lipinski definition) is 2. The normalized spacial score (nSPS) is 10.3. The second-order valence-electron chi connectivity index (χ2n) is 4.37. The Hall–Kier alpha value is -1.69. The average Bonchev–Trinajstić information content (AvgIpc) is 2.85. The molecule has 7 heteroatoms. The number of halogens is 4. The van der Waals surface area contributed by atoms with E-state index >= 15 is 0 Å². The number of benzene rings is 2. The lowest BCUT2D eigenvalue weighted by atomic mass is 10.1. The number of thiazole rings is 1. The van der Waals surface area contributed by atoms with Crippen LogP contribution in [0.2, 0.25) is 5.02 Å². The molecule has 2 nitrogen and oxygen atoms in total. The molecule has 0 unspecified atom stereocenters. The lowest BCUT2D eigenvalue weighted by molar-refractivity contribution is 0.508. The standard InChI is InChI=1S/C15H9ClF2N2S.ClH/c16-10-3-1-9(2-4-10)14-8-21-15(19)20(14)11-5-6-12(17)13(18)7-11;/h1-8,19H;1H. The van der Waals surface area contributed by atoms with E-state index in [-0.39, 0.29) is 17.2 Å². The van der Waals surface area contributed by atoms with Gasteiger partial charge in [-0.05, 0) is 29.8 Å². The summed E-state index contributed by atoms with van der Waals surface area (Å²) in [7, 11) is 0. The summed E-state index contributed by atoms with van der Waals surface area (Å²) in [6.07, 6.45) is 0. The molecule has 3 aromatic rings. The Kier molecular flexibility index (Phi) is 5.01. The van der Waals surface area contributed by atoms with Gasteiger partial charge < -0.3 is 0 Å². The van der Waals surface area contributed by atoms with E-state index in [1.54, 1.807) is 22.1 Å². The van der Waals surface area contributed by atoms with Crippen LogP contribution < -0.4 is 4.80 Å². The monoisotopic (exact) mass is 358 g/mol. The Morgan fingerprint density at radius 3 is 2.32 bits per heavy atom. The van der Waals surface area contributed by atoms with Gasteiger partial charge in [-0.3, -0.25) is 9.98 Å². The maximum atomic E-state index is 13.4. The topological polar surface area (TPSA) is 28.8 Å². The zero-order valence-corrected chi connectivity index (χ0v) is 13.4. The van der Waals surface area contributed by atoms with E-state index in [9.17, 15) is 8.78 Å². The Labute approximate surface area is 140 Å². The summed E-state index contributed by atoms with van der Waals surface area (Å²) in [4.78, 5) is 0.228. The van der Waals surface area contributed by atoms with E-state index in [1.807, 2.05) is 12.1 Å². The minimum atomic E-state index is -0.937. The van der Waals surface area contributed by atoms with Crippen molar-refractivity contribution in [2.24, 2.45) is 0 Å². The summed E-state index contributed by atoms with van der Waals surface area (Å²) < 4.78 is 28.1. The molecule has 114 valence electrons. The van der Waals surface area contributed by atoms with Gasteiger partial charge in [0.25, 0.3) is 0 Å². The van der Waals surface area contributed by atoms with Crippen molar-refractivity contribution >= 4 is 35.3 Å². The van der Waals surface area contributed by atoms with Crippen LogP contribution in [0.15, 0.2) is 47.8 Å². The molecule has 22 heavy (non-hydrogen) atoms. The van der Waals surface area contributed by atoms with E-state index in [1.165, 1.54) is 17.4 Å². The van der Waals surface area contributed by atoms with E-state index in [2.05, 4.69) is 0 Å². The van der Waals surface area contributed by atoms with Crippen LogP contribution in [0.3, 0.4) is 0 Å². The molecule has 0 aliphatic carbocycles. The van der Waals surface area contributed by atoms with Crippen molar-refractivity contribution < 1.29 is 8.78 Å². The van der Waals surface area contributed by atoms with E-state index in [0.717, 1.165) is 23.4 Å². The van der Waals surface area contributed by atoms with Crippen LogP contribution in [0, 0.1) is 17.0 Å². The zero-order valence-electron chi connectivity index (χ0n) is 11.0. The Morgan fingerprint density at radius 1 is 1.00 bits per heavy atom. The molecule has 0 spiro atoms. The third kappa shape index (κ3) is 3.06. The molecular formula is C15H10Cl2F2N2S. The van der Waals surface area contributed by atoms with Gasteiger partial charge in [-0.25, -0.2) is 8.78 Å². The Balaban J connectivity index is 0.00000176. The zero-order chi connectivity index (χ0) is 15.0. The second-order valence-corrected chi connectivity index (χ2v) is 5.66. The second kappa shape index (κ2) is 6.60. The largest absolute Gasteiger partial charge is 0.285 e. The molecule has 1 heterocycles. The first-order valence-corrected chi connectivity index (χ1v) is 7.28. The highest BCUT2D eigenvalue weighted by Gasteiger charge is 2.11.